The Morgan fingerprint density at radius 1 is 1.40 bits per heavy atom. The highest BCUT2D eigenvalue weighted by molar-refractivity contribution is 7.85. The van der Waals surface area contributed by atoms with Gasteiger partial charge in [-0.2, -0.15) is 0 Å². The van der Waals surface area contributed by atoms with E-state index in [1.54, 1.807) is 0 Å². The summed E-state index contributed by atoms with van der Waals surface area (Å²) < 4.78 is 36.0. The van der Waals surface area contributed by atoms with Gasteiger partial charge in [-0.05, 0) is 0 Å². The molecule has 0 fully saturated rings. The first-order valence-electron chi connectivity index (χ1n) is 4.52. The summed E-state index contributed by atoms with van der Waals surface area (Å²) in [5, 5.41) is 0. The second kappa shape index (κ2) is 5.43. The van der Waals surface area contributed by atoms with Crippen LogP contribution in [0.3, 0.4) is 0 Å². The first-order valence-corrected chi connectivity index (χ1v) is 6.09. The zero-order valence-electron chi connectivity index (χ0n) is 9.26. The molecular weight excluding hydrogens is 222 g/mol. The smallest absolute Gasteiger partial charge is 0.540 e. The molecule has 7 heteroatoms. The average Bonchev–Trinajstić information content (AvgIpc) is 1.92. The Labute approximate surface area is 90.2 Å². The molecule has 0 aliphatic carbocycles. The van der Waals surface area contributed by atoms with Crippen LogP contribution in [0.4, 0.5) is 0 Å². The van der Waals surface area contributed by atoms with Crippen LogP contribution in [-0.4, -0.2) is 68.3 Å². The van der Waals surface area contributed by atoms with Crippen molar-refractivity contribution in [2.45, 2.75) is 6.42 Å². The molecule has 6 nitrogen and oxygen atoms in total. The first kappa shape index (κ1) is 14.3. The minimum atomic E-state index is -4.18. The maximum atomic E-state index is 10.2. The predicted octanol–water partition coefficient (Wildman–Crippen LogP) is -0.853. The normalized spacial score (nSPS) is 12.5. The third-order valence-electron chi connectivity index (χ3n) is 1.42. The van der Waals surface area contributed by atoms with Crippen molar-refractivity contribution in [2.24, 2.45) is 0 Å². The Morgan fingerprint density at radius 2 is 1.93 bits per heavy atom. The van der Waals surface area contributed by atoms with Gasteiger partial charge < -0.3 is 18.6 Å². The Hall–Kier alpha value is -0.660. The summed E-state index contributed by atoms with van der Waals surface area (Å²) in [6.45, 7) is 0.359. The maximum absolute atomic E-state index is 10.2. The Kier molecular flexibility index (Phi) is 5.19. The highest BCUT2D eigenvalue weighted by Crippen LogP contribution is 1.94. The fraction of sp³-hybridized carbons (Fsp3) is 0.875. The van der Waals surface area contributed by atoms with Gasteiger partial charge in [0.1, 0.15) is 0 Å². The van der Waals surface area contributed by atoms with Crippen LogP contribution in [0.25, 0.3) is 0 Å². The summed E-state index contributed by atoms with van der Waals surface area (Å²) in [7, 11) is 1.45. The van der Waals surface area contributed by atoms with E-state index in [1.165, 1.54) is 0 Å². The van der Waals surface area contributed by atoms with E-state index < -0.39 is 15.9 Å². The summed E-state index contributed by atoms with van der Waals surface area (Å²) in [6, 6.07) is 0. The molecule has 1 N–H and O–H groups in total. The van der Waals surface area contributed by atoms with Crippen molar-refractivity contribution in [2.75, 3.05) is 40.0 Å². The second-order valence-corrected chi connectivity index (χ2v) is 5.83. The van der Waals surface area contributed by atoms with Crippen molar-refractivity contribution in [1.29, 1.82) is 0 Å². The van der Waals surface area contributed by atoms with Gasteiger partial charge in [-0.3, -0.25) is 0 Å². The van der Waals surface area contributed by atoms with E-state index in [0.29, 0.717) is 11.0 Å². The molecule has 0 aliphatic rings. The van der Waals surface area contributed by atoms with E-state index >= 15 is 0 Å². The number of likely N-dealkylation sites (N-methyl/N-ethyl adjacent to an activating group) is 1. The van der Waals surface area contributed by atoms with Crippen LogP contribution in [0.1, 0.15) is 6.42 Å². The topological polar surface area (TPSA) is 87.8 Å². The number of esters is 1. The maximum Gasteiger partial charge on any atom is 0.540 e. The van der Waals surface area contributed by atoms with Crippen molar-refractivity contribution < 1.29 is 27.0 Å². The number of hydrogen-bond donors (Lipinski definition) is 0. The van der Waals surface area contributed by atoms with Crippen molar-refractivity contribution in [1.82, 2.24) is 0 Å². The van der Waals surface area contributed by atoms with Crippen molar-refractivity contribution in [3.63, 3.8) is 0 Å². The molecule has 0 aromatic carbocycles. The van der Waals surface area contributed by atoms with Crippen LogP contribution in [0.15, 0.2) is 0 Å². The number of rotatable bonds is 6. The van der Waals surface area contributed by atoms with Gasteiger partial charge >= 0.3 is 5.97 Å². The monoisotopic (exact) mass is 240 g/mol. The minimum absolute atomic E-state index is 0.0350. The average molecular weight is 240 g/mol. The van der Waals surface area contributed by atoms with E-state index in [1.807, 2.05) is 21.1 Å². The fourth-order valence-electron chi connectivity index (χ4n) is 0.877. The number of carbonyl (C=O) groups excluding carboxylic acids is 1. The lowest BCUT2D eigenvalue weighted by Crippen LogP contribution is -2.40. The van der Waals surface area contributed by atoms with E-state index in [9.17, 15) is 17.8 Å². The molecule has 0 heterocycles. The van der Waals surface area contributed by atoms with E-state index in [4.69, 9.17) is 4.74 Å². The van der Waals surface area contributed by atoms with Gasteiger partial charge in [0.2, 0.25) is 6.54 Å². The molecule has 90 valence electrons. The Morgan fingerprint density at radius 3 is 2.33 bits per heavy atom. The van der Waals surface area contributed by atoms with Crippen LogP contribution in [0, 0.1) is 0 Å². The predicted molar refractivity (Wildman–Crippen MR) is 55.0 cm³/mol. The summed E-state index contributed by atoms with van der Waals surface area (Å²) in [5.74, 6) is -0.615. The second-order valence-electron chi connectivity index (χ2n) is 4.31. The fourth-order valence-corrected chi connectivity index (χ4v) is 1.35. The Bertz CT molecular complexity index is 303. The molecule has 15 heavy (non-hydrogen) atoms. The van der Waals surface area contributed by atoms with E-state index in [2.05, 4.69) is 0 Å². The molecule has 0 spiro atoms. The molecular formula is C8H18NO5S+. The van der Waals surface area contributed by atoms with Crippen molar-refractivity contribution in [3.05, 3.63) is 0 Å². The van der Waals surface area contributed by atoms with Crippen LogP contribution in [0.2, 0.25) is 0 Å². The van der Waals surface area contributed by atoms with Gasteiger partial charge in [-0.15, -0.1) is 0 Å². The zero-order chi connectivity index (χ0) is 12.1. The van der Waals surface area contributed by atoms with Gasteiger partial charge in [0.05, 0.1) is 31.3 Å². The molecule has 0 amide bonds. The summed E-state index contributed by atoms with van der Waals surface area (Å²) in [4.78, 5) is 9.27. The molecule has 0 unspecified atom stereocenters. The third-order valence-corrected chi connectivity index (χ3v) is 2.21. The van der Waals surface area contributed by atoms with Gasteiger partial charge in [-0.1, -0.05) is 0 Å². The SMILES string of the molecule is C[N+](C)(C)CC(=[OH+])OCCCS(=O)(=O)[O-]. The van der Waals surface area contributed by atoms with E-state index in [0.717, 1.165) is 0 Å². The van der Waals surface area contributed by atoms with Gasteiger partial charge in [0, 0.05) is 12.2 Å². The highest BCUT2D eigenvalue weighted by Gasteiger charge is 2.22. The molecule has 0 bridgehead atoms. The minimum Gasteiger partial charge on any atom is -0.748 e. The largest absolute Gasteiger partial charge is 0.748 e. The quantitative estimate of drug-likeness (QED) is 0.199. The van der Waals surface area contributed by atoms with Crippen LogP contribution in [-0.2, 0) is 14.9 Å². The first-order chi connectivity index (χ1) is 6.60. The van der Waals surface area contributed by atoms with Gasteiger partial charge in [0.25, 0.3) is 0 Å². The summed E-state index contributed by atoms with van der Waals surface area (Å²) >= 11 is 0. The lowest BCUT2D eigenvalue weighted by Gasteiger charge is -2.19. The van der Waals surface area contributed by atoms with E-state index in [-0.39, 0.29) is 19.0 Å². The Balaban J connectivity index is 3.66. The number of ether oxygens (including phenoxy) is 1. The van der Waals surface area contributed by atoms with Crippen LogP contribution < -0.4 is 0 Å². The molecule has 0 radical (unpaired) electrons. The van der Waals surface area contributed by atoms with Gasteiger partial charge in [0.15, 0.2) is 6.61 Å². The zero-order valence-corrected chi connectivity index (χ0v) is 10.1. The third kappa shape index (κ3) is 11.3. The van der Waals surface area contributed by atoms with Crippen molar-refractivity contribution in [3.8, 4) is 0 Å². The van der Waals surface area contributed by atoms with Crippen molar-refractivity contribution >= 4 is 16.1 Å². The number of nitrogens with zero attached hydrogens (tertiary/aromatic N) is 1. The molecule has 0 saturated heterocycles. The molecule has 0 rings (SSSR count). The number of quaternary nitrogens is 1. The van der Waals surface area contributed by atoms with Gasteiger partial charge in [-0.25, -0.2) is 8.42 Å². The lowest BCUT2D eigenvalue weighted by molar-refractivity contribution is -0.862. The molecule has 0 atom stereocenters. The standard InChI is InChI=1S/C8H17NO5S/c1-9(2,3)7-8(10)14-5-4-6-15(11,12)13/h4-7H2,1-3H3/p+1. The molecule has 0 aromatic rings. The van der Waals surface area contributed by atoms with Crippen LogP contribution in [0.5, 0.6) is 0 Å². The van der Waals surface area contributed by atoms with Crippen LogP contribution >= 0.6 is 0 Å². The molecule has 0 aromatic heterocycles. The summed E-state index contributed by atoms with van der Waals surface area (Å²) in [6.07, 6.45) is 0.0903. The molecule has 0 aliphatic heterocycles. The summed E-state index contributed by atoms with van der Waals surface area (Å²) in [5.41, 5.74) is 0. The lowest BCUT2D eigenvalue weighted by atomic mass is 10.5. The molecule has 0 saturated carbocycles. The highest BCUT2D eigenvalue weighted by atomic mass is 32.2. The number of hydrogen-bond acceptors (Lipinski definition) is 4.